The summed E-state index contributed by atoms with van der Waals surface area (Å²) < 4.78 is 4.03. The van der Waals surface area contributed by atoms with Crippen LogP contribution in [0, 0.1) is 6.92 Å². The molecular formula is C23H19ClN4O. The van der Waals surface area contributed by atoms with Gasteiger partial charge in [0.1, 0.15) is 5.82 Å². The Labute approximate surface area is 173 Å². The van der Waals surface area contributed by atoms with E-state index in [-0.39, 0.29) is 5.91 Å². The van der Waals surface area contributed by atoms with E-state index in [4.69, 9.17) is 16.7 Å². The second-order valence-corrected chi connectivity index (χ2v) is 7.69. The van der Waals surface area contributed by atoms with Gasteiger partial charge in [-0.3, -0.25) is 4.79 Å². The van der Waals surface area contributed by atoms with Crippen molar-refractivity contribution in [2.45, 2.75) is 20.0 Å². The molecule has 0 atom stereocenters. The van der Waals surface area contributed by atoms with E-state index in [1.807, 2.05) is 40.2 Å². The third kappa shape index (κ3) is 3.13. The van der Waals surface area contributed by atoms with Gasteiger partial charge in [-0.25, -0.2) is 4.68 Å². The van der Waals surface area contributed by atoms with Gasteiger partial charge in [-0.05, 0) is 61.0 Å². The highest BCUT2D eigenvalue weighted by molar-refractivity contribution is 6.30. The number of benzene rings is 2. The maximum absolute atomic E-state index is 13.0. The summed E-state index contributed by atoms with van der Waals surface area (Å²) in [5, 5.41) is 5.50. The molecule has 144 valence electrons. The highest BCUT2D eigenvalue weighted by Crippen LogP contribution is 2.31. The molecule has 3 heterocycles. The Bertz CT molecular complexity index is 1190. The first-order valence-corrected chi connectivity index (χ1v) is 9.84. The standard InChI is InChI=1S/C23H19ClN4O/c1-16-5-4-6-19(13-16)28-22(26-11-2-3-12-26)20-14-27(15-21(20)25-28)23(29)17-7-9-18(24)10-8-17/h2-13H,14-15H2,1H3. The number of rotatable bonds is 3. The van der Waals surface area contributed by atoms with Crippen molar-refractivity contribution in [3.63, 3.8) is 0 Å². The van der Waals surface area contributed by atoms with Crippen LogP contribution >= 0.6 is 11.6 Å². The van der Waals surface area contributed by atoms with Gasteiger partial charge in [0, 0.05) is 28.5 Å². The minimum Gasteiger partial charge on any atom is -0.328 e. The quantitative estimate of drug-likeness (QED) is 0.495. The lowest BCUT2D eigenvalue weighted by Gasteiger charge is -2.18. The van der Waals surface area contributed by atoms with E-state index >= 15 is 0 Å². The monoisotopic (exact) mass is 402 g/mol. The van der Waals surface area contributed by atoms with E-state index < -0.39 is 0 Å². The summed E-state index contributed by atoms with van der Waals surface area (Å²) in [6, 6.07) is 19.3. The van der Waals surface area contributed by atoms with E-state index in [0.717, 1.165) is 22.8 Å². The smallest absolute Gasteiger partial charge is 0.254 e. The molecule has 0 aliphatic carbocycles. The summed E-state index contributed by atoms with van der Waals surface area (Å²) in [6.45, 7) is 3.09. The highest BCUT2D eigenvalue weighted by atomic mass is 35.5. The van der Waals surface area contributed by atoms with Gasteiger partial charge in [0.25, 0.3) is 5.91 Å². The molecule has 0 bridgehead atoms. The molecule has 1 aliphatic heterocycles. The number of carbonyl (C=O) groups is 1. The van der Waals surface area contributed by atoms with Gasteiger partial charge in [0.2, 0.25) is 0 Å². The van der Waals surface area contributed by atoms with E-state index in [9.17, 15) is 4.79 Å². The SMILES string of the molecule is Cc1cccc(-n2nc3c(c2-n2cccc2)CN(C(=O)c2ccc(Cl)cc2)C3)c1. The minimum absolute atomic E-state index is 0.0137. The average molecular weight is 403 g/mol. The maximum Gasteiger partial charge on any atom is 0.254 e. The number of hydrogen-bond donors (Lipinski definition) is 0. The largest absolute Gasteiger partial charge is 0.328 e. The molecule has 0 radical (unpaired) electrons. The third-order valence-corrected chi connectivity index (χ3v) is 5.45. The second kappa shape index (κ2) is 6.94. The average Bonchev–Trinajstić information content (AvgIpc) is 3.44. The molecule has 4 aromatic rings. The molecule has 2 aromatic heterocycles. The number of nitrogens with zero attached hydrogens (tertiary/aromatic N) is 4. The molecule has 0 saturated heterocycles. The van der Waals surface area contributed by atoms with Gasteiger partial charge in [0.05, 0.1) is 24.5 Å². The fraction of sp³-hybridized carbons (Fsp3) is 0.130. The van der Waals surface area contributed by atoms with Crippen LogP contribution in [0.3, 0.4) is 0 Å². The fourth-order valence-corrected chi connectivity index (χ4v) is 3.93. The first kappa shape index (κ1) is 17.8. The van der Waals surface area contributed by atoms with E-state index in [1.165, 1.54) is 5.56 Å². The predicted molar refractivity (Wildman–Crippen MR) is 113 cm³/mol. The summed E-state index contributed by atoms with van der Waals surface area (Å²) in [6.07, 6.45) is 4.01. The molecule has 0 fully saturated rings. The van der Waals surface area contributed by atoms with Crippen molar-refractivity contribution >= 4 is 17.5 Å². The molecule has 5 rings (SSSR count). The zero-order valence-electron chi connectivity index (χ0n) is 15.9. The molecular weight excluding hydrogens is 384 g/mol. The van der Waals surface area contributed by atoms with Gasteiger partial charge in [-0.2, -0.15) is 5.10 Å². The summed E-state index contributed by atoms with van der Waals surface area (Å²) in [4.78, 5) is 14.8. The van der Waals surface area contributed by atoms with E-state index in [2.05, 4.69) is 29.7 Å². The highest BCUT2D eigenvalue weighted by Gasteiger charge is 2.31. The van der Waals surface area contributed by atoms with Crippen LogP contribution < -0.4 is 0 Å². The molecule has 0 N–H and O–H groups in total. The molecule has 0 spiro atoms. The Morgan fingerprint density at radius 2 is 1.76 bits per heavy atom. The first-order valence-electron chi connectivity index (χ1n) is 9.46. The van der Waals surface area contributed by atoms with Crippen LogP contribution in [0.4, 0.5) is 0 Å². The van der Waals surface area contributed by atoms with Crippen LogP contribution in [0.25, 0.3) is 11.5 Å². The number of aromatic nitrogens is 3. The Hall–Kier alpha value is -3.31. The maximum atomic E-state index is 13.0. The molecule has 6 heteroatoms. The van der Waals surface area contributed by atoms with Crippen molar-refractivity contribution in [1.82, 2.24) is 19.2 Å². The molecule has 0 saturated carbocycles. The number of fused-ring (bicyclic) bond motifs is 1. The van der Waals surface area contributed by atoms with Crippen molar-refractivity contribution in [2.24, 2.45) is 0 Å². The lowest BCUT2D eigenvalue weighted by molar-refractivity contribution is 0.0749. The van der Waals surface area contributed by atoms with Crippen molar-refractivity contribution in [3.8, 4) is 11.5 Å². The predicted octanol–water partition coefficient (Wildman–Crippen LogP) is 4.78. The van der Waals surface area contributed by atoms with Gasteiger partial charge in [-0.15, -0.1) is 0 Å². The lowest BCUT2D eigenvalue weighted by Crippen LogP contribution is -2.26. The van der Waals surface area contributed by atoms with Crippen LogP contribution in [0.1, 0.15) is 27.2 Å². The number of hydrogen-bond acceptors (Lipinski definition) is 2. The van der Waals surface area contributed by atoms with Crippen LogP contribution in [0.5, 0.6) is 0 Å². The van der Waals surface area contributed by atoms with Crippen LogP contribution in [0.15, 0.2) is 73.1 Å². The summed E-state index contributed by atoms with van der Waals surface area (Å²) >= 11 is 5.96. The lowest BCUT2D eigenvalue weighted by atomic mass is 10.2. The summed E-state index contributed by atoms with van der Waals surface area (Å²) in [5.74, 6) is 0.960. The molecule has 2 aromatic carbocycles. The van der Waals surface area contributed by atoms with Gasteiger partial charge < -0.3 is 9.47 Å². The second-order valence-electron chi connectivity index (χ2n) is 7.26. The van der Waals surface area contributed by atoms with Gasteiger partial charge in [0.15, 0.2) is 0 Å². The minimum atomic E-state index is -0.0137. The number of aryl methyl sites for hydroxylation is 1. The van der Waals surface area contributed by atoms with Gasteiger partial charge >= 0.3 is 0 Å². The molecule has 1 aliphatic rings. The first-order chi connectivity index (χ1) is 14.1. The molecule has 5 nitrogen and oxygen atoms in total. The molecule has 1 amide bonds. The van der Waals surface area contributed by atoms with E-state index in [0.29, 0.717) is 23.7 Å². The van der Waals surface area contributed by atoms with E-state index in [1.54, 1.807) is 24.3 Å². The van der Waals surface area contributed by atoms with Crippen LogP contribution in [-0.2, 0) is 13.1 Å². The number of carbonyl (C=O) groups excluding carboxylic acids is 1. The third-order valence-electron chi connectivity index (χ3n) is 5.20. The fourth-order valence-electron chi connectivity index (χ4n) is 3.80. The van der Waals surface area contributed by atoms with Crippen molar-refractivity contribution in [2.75, 3.05) is 0 Å². The molecule has 0 unspecified atom stereocenters. The Morgan fingerprint density at radius 3 is 2.48 bits per heavy atom. The summed E-state index contributed by atoms with van der Waals surface area (Å²) in [7, 11) is 0. The zero-order chi connectivity index (χ0) is 20.0. The molecule has 29 heavy (non-hydrogen) atoms. The van der Waals surface area contributed by atoms with Crippen molar-refractivity contribution in [1.29, 1.82) is 0 Å². The Kier molecular flexibility index (Phi) is 4.25. The van der Waals surface area contributed by atoms with Crippen LogP contribution in [-0.4, -0.2) is 25.2 Å². The van der Waals surface area contributed by atoms with Gasteiger partial charge in [-0.1, -0.05) is 23.7 Å². The number of halogens is 1. The Balaban J connectivity index is 1.54. The zero-order valence-corrected chi connectivity index (χ0v) is 16.7. The Morgan fingerprint density at radius 1 is 1.00 bits per heavy atom. The number of amides is 1. The van der Waals surface area contributed by atoms with Crippen molar-refractivity contribution < 1.29 is 4.79 Å². The summed E-state index contributed by atoms with van der Waals surface area (Å²) in [5.41, 5.74) is 4.83. The van der Waals surface area contributed by atoms with Crippen molar-refractivity contribution in [3.05, 3.63) is 100 Å². The topological polar surface area (TPSA) is 43.1 Å². The normalized spacial score (nSPS) is 13.0. The van der Waals surface area contributed by atoms with Crippen LogP contribution in [0.2, 0.25) is 5.02 Å².